The fourth-order valence-corrected chi connectivity index (χ4v) is 5.09. The van der Waals surface area contributed by atoms with Gasteiger partial charge < -0.3 is 15.1 Å². The molecule has 0 bridgehead atoms. The second kappa shape index (κ2) is 8.18. The number of carbonyl (C=O) groups is 1. The van der Waals surface area contributed by atoms with E-state index in [2.05, 4.69) is 5.32 Å². The van der Waals surface area contributed by atoms with Crippen LogP contribution in [0, 0.1) is 5.92 Å². The third kappa shape index (κ3) is 4.12. The van der Waals surface area contributed by atoms with Gasteiger partial charge in [-0.15, -0.1) is 0 Å². The molecular formula is C24H25F6N3O. The van der Waals surface area contributed by atoms with Crippen molar-refractivity contribution in [3.63, 3.8) is 0 Å². The van der Waals surface area contributed by atoms with Crippen LogP contribution in [0.3, 0.4) is 0 Å². The molecule has 1 heterocycles. The van der Waals surface area contributed by atoms with Gasteiger partial charge in [0.15, 0.2) is 0 Å². The Morgan fingerprint density at radius 1 is 1.06 bits per heavy atom. The molecule has 0 unspecified atom stereocenters. The number of rotatable bonds is 4. The number of carbonyl (C=O) groups excluding carboxylic acids is 1. The predicted octanol–water partition coefficient (Wildman–Crippen LogP) is 5.87. The lowest BCUT2D eigenvalue weighted by molar-refractivity contribution is -0.143. The van der Waals surface area contributed by atoms with Gasteiger partial charge in [0, 0.05) is 19.1 Å². The van der Waals surface area contributed by atoms with Gasteiger partial charge in [-0.25, -0.2) is 4.79 Å². The van der Waals surface area contributed by atoms with Crippen molar-refractivity contribution in [1.29, 1.82) is 0 Å². The average molecular weight is 485 g/mol. The van der Waals surface area contributed by atoms with Crippen molar-refractivity contribution in [1.82, 2.24) is 15.1 Å². The molecule has 0 spiro atoms. The number of fused-ring (bicyclic) bond motifs is 1. The van der Waals surface area contributed by atoms with Crippen LogP contribution < -0.4 is 5.32 Å². The maximum Gasteiger partial charge on any atom is 0.416 e. The van der Waals surface area contributed by atoms with Crippen molar-refractivity contribution >= 4 is 6.03 Å². The number of nitrogens with one attached hydrogen (secondary N) is 1. The Morgan fingerprint density at radius 2 is 1.62 bits per heavy atom. The highest BCUT2D eigenvalue weighted by Gasteiger charge is 2.66. The van der Waals surface area contributed by atoms with Crippen molar-refractivity contribution in [3.05, 3.63) is 70.8 Å². The van der Waals surface area contributed by atoms with Crippen molar-refractivity contribution < 1.29 is 31.1 Å². The van der Waals surface area contributed by atoms with Gasteiger partial charge in [0.2, 0.25) is 0 Å². The minimum absolute atomic E-state index is 0.0914. The Balaban J connectivity index is 1.66. The first-order valence-corrected chi connectivity index (χ1v) is 10.9. The molecule has 1 aliphatic carbocycles. The van der Waals surface area contributed by atoms with Gasteiger partial charge in [-0.1, -0.05) is 30.3 Å². The second-order valence-corrected chi connectivity index (χ2v) is 9.07. The van der Waals surface area contributed by atoms with E-state index in [4.69, 9.17) is 0 Å². The van der Waals surface area contributed by atoms with Gasteiger partial charge >= 0.3 is 18.4 Å². The third-order valence-electron chi connectivity index (χ3n) is 7.17. The molecule has 2 aliphatic rings. The zero-order chi connectivity index (χ0) is 25.1. The minimum atomic E-state index is -4.95. The molecule has 1 aliphatic heterocycles. The Bertz CT molecular complexity index is 1030. The summed E-state index contributed by atoms with van der Waals surface area (Å²) in [6, 6.07) is 9.10. The first kappa shape index (κ1) is 24.4. The molecule has 4 atom stereocenters. The Morgan fingerprint density at radius 3 is 2.12 bits per heavy atom. The zero-order valence-electron chi connectivity index (χ0n) is 18.8. The van der Waals surface area contributed by atoms with Crippen molar-refractivity contribution in [3.8, 4) is 0 Å². The molecule has 2 amide bonds. The van der Waals surface area contributed by atoms with E-state index in [0.29, 0.717) is 18.7 Å². The maximum absolute atomic E-state index is 13.5. The number of halogens is 6. The molecule has 184 valence electrons. The molecule has 34 heavy (non-hydrogen) atoms. The number of hydrogen-bond donors (Lipinski definition) is 1. The van der Waals surface area contributed by atoms with Gasteiger partial charge in [-0.05, 0) is 55.6 Å². The molecular weight excluding hydrogens is 460 g/mol. The van der Waals surface area contributed by atoms with Crippen LogP contribution in [0.2, 0.25) is 0 Å². The summed E-state index contributed by atoms with van der Waals surface area (Å²) in [6.07, 6.45) is -9.02. The summed E-state index contributed by atoms with van der Waals surface area (Å²) >= 11 is 0. The van der Waals surface area contributed by atoms with E-state index < -0.39 is 35.6 Å². The lowest BCUT2D eigenvalue weighted by atomic mass is 9.97. The highest BCUT2D eigenvalue weighted by Crippen LogP contribution is 2.60. The van der Waals surface area contributed by atoms with E-state index in [0.717, 1.165) is 12.0 Å². The maximum atomic E-state index is 13.5. The van der Waals surface area contributed by atoms with E-state index in [-0.39, 0.29) is 29.1 Å². The standard InChI is InChI=1S/C24H25F6N3O/c1-14(16-9-17(23(25,26)27)11-18(10-16)24(28,29)30)32(3)21(34)33-13-19-12-22(19,31-2)20(33)15-7-5-4-6-8-15/h4-11,14,19-20,31H,12-13H2,1-3H3/t14-,19+,20+,22-/m1/s1. The van der Waals surface area contributed by atoms with Gasteiger partial charge in [0.05, 0.1) is 23.2 Å². The SMILES string of the molecule is CN[C@]12C[C@H]1CN(C(=O)N(C)[C@H](C)c1cc(C(F)(F)F)cc(C(F)(F)F)c1)[C@H]2c1ccccc1. The summed E-state index contributed by atoms with van der Waals surface area (Å²) in [4.78, 5) is 16.4. The van der Waals surface area contributed by atoms with Gasteiger partial charge in [0.25, 0.3) is 0 Å². The molecule has 4 rings (SSSR count). The molecule has 1 saturated heterocycles. The number of nitrogens with zero attached hydrogens (tertiary/aromatic N) is 2. The van der Waals surface area contributed by atoms with E-state index >= 15 is 0 Å². The van der Waals surface area contributed by atoms with Crippen LogP contribution in [0.15, 0.2) is 48.5 Å². The van der Waals surface area contributed by atoms with Crippen molar-refractivity contribution in [2.75, 3.05) is 20.6 Å². The molecule has 1 N–H and O–H groups in total. The average Bonchev–Trinajstić information content (AvgIpc) is 3.40. The summed E-state index contributed by atoms with van der Waals surface area (Å²) in [7, 11) is 3.23. The van der Waals surface area contributed by atoms with Crippen LogP contribution in [0.1, 0.15) is 47.7 Å². The van der Waals surface area contributed by atoms with Crippen LogP contribution in [0.5, 0.6) is 0 Å². The molecule has 2 aromatic carbocycles. The second-order valence-electron chi connectivity index (χ2n) is 9.07. The smallest absolute Gasteiger partial charge is 0.321 e. The molecule has 1 saturated carbocycles. The molecule has 2 fully saturated rings. The number of benzene rings is 2. The lowest BCUT2D eigenvalue weighted by Gasteiger charge is -2.37. The summed E-state index contributed by atoms with van der Waals surface area (Å²) in [5.74, 6) is 0.223. The van der Waals surface area contributed by atoms with Gasteiger partial charge in [-0.3, -0.25) is 0 Å². The monoisotopic (exact) mass is 485 g/mol. The number of piperidine rings is 1. The fraction of sp³-hybridized carbons (Fsp3) is 0.458. The highest BCUT2D eigenvalue weighted by molar-refractivity contribution is 5.77. The molecule has 10 heteroatoms. The summed E-state index contributed by atoms with van der Waals surface area (Å²) in [6.45, 7) is 1.88. The Hall–Kier alpha value is -2.75. The first-order valence-electron chi connectivity index (χ1n) is 10.9. The van der Waals surface area contributed by atoms with Crippen molar-refractivity contribution in [2.45, 2.75) is 43.3 Å². The number of likely N-dealkylation sites (N-methyl/N-ethyl adjacent to an activating group) is 1. The highest BCUT2D eigenvalue weighted by atomic mass is 19.4. The summed E-state index contributed by atoms with van der Waals surface area (Å²) in [5, 5.41) is 3.33. The minimum Gasteiger partial charge on any atom is -0.321 e. The van der Waals surface area contributed by atoms with Crippen LogP contribution in [-0.4, -0.2) is 42.0 Å². The van der Waals surface area contributed by atoms with Crippen LogP contribution in [-0.2, 0) is 12.4 Å². The zero-order valence-corrected chi connectivity index (χ0v) is 18.8. The summed E-state index contributed by atoms with van der Waals surface area (Å²) in [5.41, 5.74) is -2.40. The Kier molecular flexibility index (Phi) is 5.86. The van der Waals surface area contributed by atoms with Gasteiger partial charge in [-0.2, -0.15) is 26.3 Å². The number of amides is 2. The van der Waals surface area contributed by atoms with Crippen LogP contribution in [0.25, 0.3) is 0 Å². The van der Waals surface area contributed by atoms with E-state index in [1.54, 1.807) is 4.90 Å². The molecule has 4 nitrogen and oxygen atoms in total. The van der Waals surface area contributed by atoms with Crippen LogP contribution >= 0.6 is 0 Å². The van der Waals surface area contributed by atoms with Gasteiger partial charge in [0.1, 0.15) is 0 Å². The number of urea groups is 1. The number of alkyl halides is 6. The van der Waals surface area contributed by atoms with E-state index in [1.807, 2.05) is 37.4 Å². The van der Waals surface area contributed by atoms with Crippen molar-refractivity contribution in [2.24, 2.45) is 5.92 Å². The number of hydrogen-bond acceptors (Lipinski definition) is 2. The molecule has 2 aromatic rings. The largest absolute Gasteiger partial charge is 0.416 e. The normalized spacial score (nSPS) is 25.1. The van der Waals surface area contributed by atoms with Crippen LogP contribution in [0.4, 0.5) is 31.1 Å². The lowest BCUT2D eigenvalue weighted by Crippen LogP contribution is -2.47. The quantitative estimate of drug-likeness (QED) is 0.550. The molecule has 0 radical (unpaired) electrons. The Labute approximate surface area is 193 Å². The van der Waals surface area contributed by atoms with E-state index in [1.165, 1.54) is 18.9 Å². The summed E-state index contributed by atoms with van der Waals surface area (Å²) < 4.78 is 79.9. The first-order chi connectivity index (χ1) is 15.8. The van der Waals surface area contributed by atoms with E-state index in [9.17, 15) is 31.1 Å². The predicted molar refractivity (Wildman–Crippen MR) is 114 cm³/mol. The molecule has 0 aromatic heterocycles. The topological polar surface area (TPSA) is 35.6 Å². The number of likely N-dealkylation sites (tertiary alicyclic amines) is 1. The third-order valence-corrected chi connectivity index (χ3v) is 7.17. The fourth-order valence-electron chi connectivity index (χ4n) is 5.09.